The molecule has 2 aromatic carbocycles. The molecule has 0 fully saturated rings. The van der Waals surface area contributed by atoms with E-state index in [1.165, 1.54) is 18.2 Å². The summed E-state index contributed by atoms with van der Waals surface area (Å²) in [6, 6.07) is 8.26. The van der Waals surface area contributed by atoms with Crippen LogP contribution in [0.15, 0.2) is 36.4 Å². The zero-order chi connectivity index (χ0) is 14.0. The molecule has 2 aromatic rings. The Hall–Kier alpha value is -1.16. The van der Waals surface area contributed by atoms with E-state index >= 15 is 0 Å². The van der Waals surface area contributed by atoms with Crippen molar-refractivity contribution in [3.8, 4) is 0 Å². The summed E-state index contributed by atoms with van der Waals surface area (Å²) in [6.07, 6.45) is 0. The van der Waals surface area contributed by atoms with E-state index in [0.29, 0.717) is 16.1 Å². The van der Waals surface area contributed by atoms with Gasteiger partial charge in [0.15, 0.2) is 0 Å². The number of hydrogen-bond acceptors (Lipinski definition) is 1. The van der Waals surface area contributed by atoms with Crippen molar-refractivity contribution < 1.29 is 8.78 Å². The summed E-state index contributed by atoms with van der Waals surface area (Å²) in [5.41, 5.74) is 0.838. The Bertz CT molecular complexity index is 602. The van der Waals surface area contributed by atoms with E-state index in [1.807, 2.05) is 0 Å². The average Bonchev–Trinajstić information content (AvgIpc) is 2.37. The lowest BCUT2D eigenvalue weighted by Crippen LogP contribution is -2.19. The van der Waals surface area contributed by atoms with Gasteiger partial charge in [-0.2, -0.15) is 0 Å². The molecular formula is C14H11Cl2F2N. The fraction of sp³-hybridized carbons (Fsp3) is 0.143. The van der Waals surface area contributed by atoms with Gasteiger partial charge in [0.25, 0.3) is 0 Å². The Morgan fingerprint density at radius 3 is 2.37 bits per heavy atom. The summed E-state index contributed by atoms with van der Waals surface area (Å²) in [4.78, 5) is 0. The van der Waals surface area contributed by atoms with Crippen molar-refractivity contribution in [1.82, 2.24) is 5.32 Å². The standard InChI is InChI=1S/C14H11Cl2F2N/c1-19-14(9-6-5-8(15)7-12(9)18)10-3-2-4-11(17)13(10)16/h2-7,14,19H,1H3. The summed E-state index contributed by atoms with van der Waals surface area (Å²) < 4.78 is 27.4. The normalized spacial score (nSPS) is 12.5. The molecule has 100 valence electrons. The zero-order valence-electron chi connectivity index (χ0n) is 10.1. The van der Waals surface area contributed by atoms with Crippen LogP contribution in [0.4, 0.5) is 8.78 Å². The summed E-state index contributed by atoms with van der Waals surface area (Å²) in [7, 11) is 1.65. The van der Waals surface area contributed by atoms with Gasteiger partial charge < -0.3 is 5.32 Å². The Kier molecular flexibility index (Phi) is 4.40. The molecule has 0 aliphatic carbocycles. The molecule has 0 heterocycles. The molecule has 0 radical (unpaired) electrons. The van der Waals surface area contributed by atoms with E-state index in [-0.39, 0.29) is 5.02 Å². The van der Waals surface area contributed by atoms with Gasteiger partial charge in [0.05, 0.1) is 11.1 Å². The minimum atomic E-state index is -0.541. The molecule has 0 aliphatic rings. The smallest absolute Gasteiger partial charge is 0.142 e. The van der Waals surface area contributed by atoms with Crippen LogP contribution in [0.5, 0.6) is 0 Å². The van der Waals surface area contributed by atoms with Gasteiger partial charge in [-0.25, -0.2) is 8.78 Å². The molecule has 1 nitrogen and oxygen atoms in total. The van der Waals surface area contributed by atoms with Gasteiger partial charge in [0.2, 0.25) is 0 Å². The molecule has 0 amide bonds. The maximum atomic E-state index is 13.9. The average molecular weight is 302 g/mol. The number of hydrogen-bond donors (Lipinski definition) is 1. The molecule has 2 rings (SSSR count). The third-order valence-corrected chi connectivity index (χ3v) is 3.49. The lowest BCUT2D eigenvalue weighted by molar-refractivity contribution is 0.572. The second-order valence-electron chi connectivity index (χ2n) is 4.03. The molecule has 19 heavy (non-hydrogen) atoms. The third-order valence-electron chi connectivity index (χ3n) is 2.85. The van der Waals surface area contributed by atoms with Crippen molar-refractivity contribution in [2.75, 3.05) is 7.05 Å². The van der Waals surface area contributed by atoms with Crippen molar-refractivity contribution in [2.24, 2.45) is 0 Å². The maximum absolute atomic E-state index is 13.9. The van der Waals surface area contributed by atoms with Crippen molar-refractivity contribution >= 4 is 23.2 Å². The van der Waals surface area contributed by atoms with Crippen molar-refractivity contribution in [3.05, 3.63) is 69.2 Å². The van der Waals surface area contributed by atoms with Crippen LogP contribution in [-0.4, -0.2) is 7.05 Å². The van der Waals surface area contributed by atoms with E-state index in [0.717, 1.165) is 0 Å². The van der Waals surface area contributed by atoms with Gasteiger partial charge in [-0.3, -0.25) is 0 Å². The van der Waals surface area contributed by atoms with E-state index < -0.39 is 17.7 Å². The first-order chi connectivity index (χ1) is 9.04. The SMILES string of the molecule is CNC(c1ccc(Cl)cc1F)c1cccc(F)c1Cl. The minimum absolute atomic E-state index is 0.0174. The molecule has 0 spiro atoms. The van der Waals surface area contributed by atoms with Gasteiger partial charge in [-0.1, -0.05) is 41.4 Å². The van der Waals surface area contributed by atoms with Gasteiger partial charge in [-0.15, -0.1) is 0 Å². The fourth-order valence-electron chi connectivity index (χ4n) is 1.96. The summed E-state index contributed by atoms with van der Waals surface area (Å²) in [6.45, 7) is 0. The van der Waals surface area contributed by atoms with Crippen LogP contribution in [0.25, 0.3) is 0 Å². The summed E-state index contributed by atoms with van der Waals surface area (Å²) >= 11 is 11.7. The van der Waals surface area contributed by atoms with Crippen molar-refractivity contribution in [2.45, 2.75) is 6.04 Å². The van der Waals surface area contributed by atoms with Crippen LogP contribution < -0.4 is 5.32 Å². The summed E-state index contributed by atoms with van der Waals surface area (Å²) in [5.74, 6) is -0.999. The van der Waals surface area contributed by atoms with Crippen LogP contribution in [0.1, 0.15) is 17.2 Å². The topological polar surface area (TPSA) is 12.0 Å². The van der Waals surface area contributed by atoms with E-state index in [4.69, 9.17) is 23.2 Å². The number of benzene rings is 2. The molecule has 0 aliphatic heterocycles. The molecular weight excluding hydrogens is 291 g/mol. The lowest BCUT2D eigenvalue weighted by Gasteiger charge is -2.19. The highest BCUT2D eigenvalue weighted by Crippen LogP contribution is 2.31. The maximum Gasteiger partial charge on any atom is 0.142 e. The molecule has 0 aromatic heterocycles. The zero-order valence-corrected chi connectivity index (χ0v) is 11.6. The first-order valence-electron chi connectivity index (χ1n) is 5.60. The molecule has 0 bridgehead atoms. The van der Waals surface area contributed by atoms with Crippen molar-refractivity contribution in [3.63, 3.8) is 0 Å². The molecule has 1 unspecified atom stereocenters. The van der Waals surface area contributed by atoms with Crippen molar-refractivity contribution in [1.29, 1.82) is 0 Å². The predicted molar refractivity (Wildman–Crippen MR) is 73.7 cm³/mol. The number of rotatable bonds is 3. The van der Waals surface area contributed by atoms with E-state index in [9.17, 15) is 8.78 Å². The summed E-state index contributed by atoms with van der Waals surface area (Å²) in [5, 5.41) is 3.22. The van der Waals surface area contributed by atoms with Gasteiger partial charge in [-0.05, 0) is 30.8 Å². The van der Waals surface area contributed by atoms with Gasteiger partial charge >= 0.3 is 0 Å². The molecule has 1 atom stereocenters. The third kappa shape index (κ3) is 2.89. The minimum Gasteiger partial charge on any atom is -0.309 e. The molecule has 0 saturated carbocycles. The Labute approximate surface area is 120 Å². The van der Waals surface area contributed by atoms with E-state index in [1.54, 1.807) is 25.2 Å². The van der Waals surface area contributed by atoms with Gasteiger partial charge in [0, 0.05) is 10.6 Å². The number of halogens is 4. The fourth-order valence-corrected chi connectivity index (χ4v) is 2.35. The second-order valence-corrected chi connectivity index (χ2v) is 4.84. The molecule has 0 saturated heterocycles. The van der Waals surface area contributed by atoms with Gasteiger partial charge in [0.1, 0.15) is 11.6 Å². The second kappa shape index (κ2) is 5.87. The predicted octanol–water partition coefficient (Wildman–Crippen LogP) is 4.58. The first-order valence-corrected chi connectivity index (χ1v) is 6.36. The Morgan fingerprint density at radius 1 is 1.00 bits per heavy atom. The largest absolute Gasteiger partial charge is 0.309 e. The van der Waals surface area contributed by atoms with Crippen LogP contribution in [0.3, 0.4) is 0 Å². The monoisotopic (exact) mass is 301 g/mol. The Balaban J connectivity index is 2.53. The lowest BCUT2D eigenvalue weighted by atomic mass is 9.98. The molecule has 5 heteroatoms. The highest BCUT2D eigenvalue weighted by Gasteiger charge is 2.20. The van der Waals surface area contributed by atoms with Crippen LogP contribution >= 0.6 is 23.2 Å². The van der Waals surface area contributed by atoms with Crippen LogP contribution in [0, 0.1) is 11.6 Å². The van der Waals surface area contributed by atoms with Crippen LogP contribution in [-0.2, 0) is 0 Å². The quantitative estimate of drug-likeness (QED) is 0.875. The van der Waals surface area contributed by atoms with E-state index in [2.05, 4.69) is 5.32 Å². The highest BCUT2D eigenvalue weighted by atomic mass is 35.5. The Morgan fingerprint density at radius 2 is 1.74 bits per heavy atom. The number of nitrogens with one attached hydrogen (secondary N) is 1. The highest BCUT2D eigenvalue weighted by molar-refractivity contribution is 6.31. The first kappa shape index (κ1) is 14.3. The van der Waals surface area contributed by atoms with Crippen LogP contribution in [0.2, 0.25) is 10.0 Å². The molecule has 1 N–H and O–H groups in total.